The Kier molecular flexibility index (Phi) is 5.40. The van der Waals surface area contributed by atoms with Crippen molar-refractivity contribution < 1.29 is 24.4 Å². The second-order valence-electron chi connectivity index (χ2n) is 5.67. The van der Waals surface area contributed by atoms with Crippen molar-refractivity contribution >= 4 is 34.1 Å². The van der Waals surface area contributed by atoms with Gasteiger partial charge in [0.1, 0.15) is 11.6 Å². The molecule has 0 aliphatic carbocycles. The summed E-state index contributed by atoms with van der Waals surface area (Å²) in [6, 6.07) is 6.78. The fourth-order valence-corrected chi connectivity index (χ4v) is 3.16. The second-order valence-corrected chi connectivity index (χ2v) is 6.81. The Hall–Kier alpha value is -4.00. The van der Waals surface area contributed by atoms with Gasteiger partial charge < -0.3 is 15.2 Å². The maximum atomic E-state index is 11.8. The molecule has 0 saturated carbocycles. The third kappa shape index (κ3) is 4.65. The highest BCUT2D eigenvalue weighted by atomic mass is 32.1. The van der Waals surface area contributed by atoms with Crippen molar-refractivity contribution in [1.82, 2.24) is 9.99 Å². The molecule has 0 atom stereocenters. The van der Waals surface area contributed by atoms with Crippen LogP contribution < -0.4 is 21.9 Å². The number of nitro groups is 1. The van der Waals surface area contributed by atoms with Crippen LogP contribution in [0.2, 0.25) is 0 Å². The Morgan fingerprint density at radius 1 is 1.21 bits per heavy atom. The number of aromatic nitrogens is 1. The molecule has 0 saturated heterocycles. The van der Waals surface area contributed by atoms with Gasteiger partial charge in [0.25, 0.3) is 5.69 Å². The van der Waals surface area contributed by atoms with E-state index >= 15 is 0 Å². The van der Waals surface area contributed by atoms with Gasteiger partial charge in [-0.1, -0.05) is 0 Å². The highest BCUT2D eigenvalue weighted by molar-refractivity contribution is 7.16. The highest BCUT2D eigenvalue weighted by Gasteiger charge is 2.21. The Balaban J connectivity index is 1.55. The van der Waals surface area contributed by atoms with Crippen LogP contribution in [0.25, 0.3) is 0 Å². The smallest absolute Gasteiger partial charge is 0.407 e. The minimum absolute atomic E-state index is 0.0480. The Morgan fingerprint density at radius 2 is 1.86 bits per heavy atom. The molecule has 3 aromatic rings. The van der Waals surface area contributed by atoms with Gasteiger partial charge in [-0.2, -0.15) is 4.68 Å². The van der Waals surface area contributed by atoms with Crippen molar-refractivity contribution in [2.45, 2.75) is 13.2 Å². The molecule has 0 bridgehead atoms. The number of alkyl carbamates (subject to hydrolysis) is 1. The summed E-state index contributed by atoms with van der Waals surface area (Å²) in [5, 5.41) is 22.3. The number of carboxylic acid groups (broad SMARTS) is 1. The highest BCUT2D eigenvalue weighted by Crippen LogP contribution is 2.28. The van der Waals surface area contributed by atoms with Crippen LogP contribution in [-0.4, -0.2) is 26.8 Å². The van der Waals surface area contributed by atoms with Crippen molar-refractivity contribution in [2.24, 2.45) is 0 Å². The number of carboxylic acids is 1. The number of hydrogen-bond donors (Lipinski definition) is 3. The normalized spacial score (nSPS) is 10.6. The quantitative estimate of drug-likeness (QED) is 0.274. The molecule has 2 heterocycles. The van der Waals surface area contributed by atoms with Crippen LogP contribution in [-0.2, 0) is 17.9 Å². The first-order valence-corrected chi connectivity index (χ1v) is 8.73. The van der Waals surface area contributed by atoms with E-state index < -0.39 is 28.1 Å². The number of aromatic carboxylic acids is 1. The molecule has 12 nitrogen and oxygen atoms in total. The number of carbonyl (C=O) groups excluding carboxylic acids is 1. The van der Waals surface area contributed by atoms with E-state index in [1.54, 1.807) is 0 Å². The lowest BCUT2D eigenvalue weighted by molar-refractivity contribution is -0.384. The van der Waals surface area contributed by atoms with E-state index in [0.29, 0.717) is 15.1 Å². The fraction of sp³-hybridized carbons (Fsp3) is 0.125. The van der Waals surface area contributed by atoms with Crippen LogP contribution in [0.1, 0.15) is 20.8 Å². The molecule has 1 aromatic carbocycles. The van der Waals surface area contributed by atoms with Gasteiger partial charge in [-0.25, -0.2) is 9.59 Å². The van der Waals surface area contributed by atoms with Gasteiger partial charge in [-0.15, -0.1) is 11.3 Å². The summed E-state index contributed by atoms with van der Waals surface area (Å²) in [5.74, 6) is -1.27. The van der Waals surface area contributed by atoms with E-state index in [1.807, 2.05) is 0 Å². The molecule has 29 heavy (non-hydrogen) atoms. The molecule has 0 radical (unpaired) electrons. The maximum Gasteiger partial charge on any atom is 0.407 e. The van der Waals surface area contributed by atoms with Gasteiger partial charge in [0, 0.05) is 17.0 Å². The molecule has 13 heteroatoms. The first-order chi connectivity index (χ1) is 13.8. The standard InChI is InChI=1S/C16H12N4O8S/c21-13-14(22)19(13)18-12-11(15(23)24)5-10(29-12)6-17-16(25)28-7-8-1-3-9(4-2-8)20(26)27/h1-5,18H,6-7H2,(H,17,25)(H,23,24). The topological polar surface area (TPSA) is 170 Å². The number of carbonyl (C=O) groups is 2. The van der Waals surface area contributed by atoms with Crippen LogP contribution in [0.3, 0.4) is 0 Å². The molecule has 0 unspecified atom stereocenters. The average molecular weight is 420 g/mol. The number of nitrogens with one attached hydrogen (secondary N) is 2. The lowest BCUT2D eigenvalue weighted by atomic mass is 10.2. The predicted octanol–water partition coefficient (Wildman–Crippen LogP) is 1.05. The summed E-state index contributed by atoms with van der Waals surface area (Å²) >= 11 is 0.949. The molecule has 0 aliphatic rings. The maximum absolute atomic E-state index is 11.8. The van der Waals surface area contributed by atoms with E-state index in [9.17, 15) is 34.4 Å². The van der Waals surface area contributed by atoms with Gasteiger partial charge in [-0.05, 0) is 23.8 Å². The first kappa shape index (κ1) is 19.8. The number of rotatable bonds is 8. The molecule has 0 fully saturated rings. The number of nitro benzene ring substituents is 1. The van der Waals surface area contributed by atoms with Crippen LogP contribution in [0.5, 0.6) is 0 Å². The zero-order chi connectivity index (χ0) is 21.1. The summed E-state index contributed by atoms with van der Waals surface area (Å²) in [6.07, 6.45) is -0.778. The van der Waals surface area contributed by atoms with E-state index in [1.165, 1.54) is 30.3 Å². The summed E-state index contributed by atoms with van der Waals surface area (Å²) in [7, 11) is 0. The lowest BCUT2D eigenvalue weighted by Gasteiger charge is -2.06. The van der Waals surface area contributed by atoms with Crippen molar-refractivity contribution in [3.8, 4) is 0 Å². The zero-order valence-corrected chi connectivity index (χ0v) is 15.2. The van der Waals surface area contributed by atoms with Crippen molar-refractivity contribution in [1.29, 1.82) is 0 Å². The first-order valence-electron chi connectivity index (χ1n) is 7.91. The number of non-ortho nitro benzene ring substituents is 1. The molecule has 3 rings (SSSR count). The Labute approximate surface area is 164 Å². The molecule has 150 valence electrons. The van der Waals surface area contributed by atoms with Crippen molar-refractivity contribution in [3.63, 3.8) is 0 Å². The molecule has 3 N–H and O–H groups in total. The Bertz CT molecular complexity index is 1130. The molecular weight excluding hydrogens is 408 g/mol. The van der Waals surface area contributed by atoms with Gasteiger partial charge in [-0.3, -0.25) is 25.1 Å². The molecule has 1 amide bonds. The molecule has 2 aromatic heterocycles. The van der Waals surface area contributed by atoms with Crippen LogP contribution in [0, 0.1) is 10.1 Å². The number of hydrogen-bond acceptors (Lipinski definition) is 9. The number of benzene rings is 1. The van der Waals surface area contributed by atoms with Crippen LogP contribution >= 0.6 is 11.3 Å². The van der Waals surface area contributed by atoms with Crippen LogP contribution in [0.15, 0.2) is 39.9 Å². The van der Waals surface area contributed by atoms with Crippen LogP contribution in [0.4, 0.5) is 15.5 Å². The summed E-state index contributed by atoms with van der Waals surface area (Å²) < 4.78 is 5.67. The largest absolute Gasteiger partial charge is 0.478 e. The van der Waals surface area contributed by atoms with Gasteiger partial charge in [0.05, 0.1) is 17.0 Å². The van der Waals surface area contributed by atoms with E-state index in [4.69, 9.17) is 4.74 Å². The molecule has 0 aliphatic heterocycles. The van der Waals surface area contributed by atoms with E-state index in [0.717, 1.165) is 11.3 Å². The molecule has 0 spiro atoms. The van der Waals surface area contributed by atoms with E-state index in [-0.39, 0.29) is 29.4 Å². The number of amides is 1. The van der Waals surface area contributed by atoms with Crippen molar-refractivity contribution in [3.05, 3.63) is 77.2 Å². The fourth-order valence-electron chi connectivity index (χ4n) is 2.18. The third-order valence-electron chi connectivity index (χ3n) is 3.69. The zero-order valence-electron chi connectivity index (χ0n) is 14.4. The number of nitrogens with zero attached hydrogens (tertiary/aromatic N) is 2. The second kappa shape index (κ2) is 7.93. The van der Waals surface area contributed by atoms with Gasteiger partial charge in [0.2, 0.25) is 0 Å². The minimum atomic E-state index is -1.27. The molecular formula is C16H12N4O8S. The lowest BCUT2D eigenvalue weighted by Crippen LogP contribution is -2.23. The summed E-state index contributed by atoms with van der Waals surface area (Å²) in [5.41, 5.74) is 1.18. The SMILES string of the molecule is O=C(NCc1cc(C(=O)O)c(Nn2c(=O)c2=O)s1)OCc1ccc([N+](=O)[O-])cc1. The average Bonchev–Trinajstić information content (AvgIpc) is 3.07. The predicted molar refractivity (Wildman–Crippen MR) is 99.8 cm³/mol. The number of thiophene rings is 1. The summed E-state index contributed by atoms with van der Waals surface area (Å²) in [6.45, 7) is -0.158. The van der Waals surface area contributed by atoms with Gasteiger partial charge >= 0.3 is 23.2 Å². The van der Waals surface area contributed by atoms with E-state index in [2.05, 4.69) is 10.7 Å². The van der Waals surface area contributed by atoms with Gasteiger partial charge in [0.15, 0.2) is 0 Å². The minimum Gasteiger partial charge on any atom is -0.478 e. The number of anilines is 1. The third-order valence-corrected chi connectivity index (χ3v) is 4.73. The monoisotopic (exact) mass is 420 g/mol. The Morgan fingerprint density at radius 3 is 2.41 bits per heavy atom. The van der Waals surface area contributed by atoms with Crippen molar-refractivity contribution in [2.75, 3.05) is 5.43 Å². The number of ether oxygens (including phenoxy) is 1. The summed E-state index contributed by atoms with van der Waals surface area (Å²) in [4.78, 5) is 55.6.